The number of fused-ring (bicyclic) bond motifs is 2. The fraction of sp³-hybridized carbons (Fsp3) is 0.0588. The summed E-state index contributed by atoms with van der Waals surface area (Å²) in [5.74, 6) is 0.576. The molecule has 3 aromatic heterocycles. The van der Waals surface area contributed by atoms with Gasteiger partial charge in [-0.2, -0.15) is 0 Å². The summed E-state index contributed by atoms with van der Waals surface area (Å²) in [7, 11) is 1.56. The van der Waals surface area contributed by atoms with Gasteiger partial charge in [0.1, 0.15) is 11.4 Å². The number of pyridine rings is 2. The molecule has 0 aliphatic heterocycles. The molecule has 22 heavy (non-hydrogen) atoms. The zero-order valence-corrected chi connectivity index (χ0v) is 12.6. The van der Waals surface area contributed by atoms with Crippen molar-refractivity contribution in [3.8, 4) is 17.0 Å². The molecular formula is C17H12N2O2S. The smallest absolute Gasteiger partial charge is 0.191 e. The van der Waals surface area contributed by atoms with Gasteiger partial charge in [-0.05, 0) is 12.1 Å². The van der Waals surface area contributed by atoms with Crippen LogP contribution in [0.25, 0.3) is 32.4 Å². The van der Waals surface area contributed by atoms with Gasteiger partial charge < -0.3 is 9.72 Å². The monoisotopic (exact) mass is 308 g/mol. The highest BCUT2D eigenvalue weighted by Gasteiger charge is 2.10. The molecule has 0 aliphatic carbocycles. The Labute approximate surface area is 130 Å². The predicted octanol–water partition coefficient (Wildman–Crippen LogP) is 3.81. The Kier molecular flexibility index (Phi) is 2.94. The van der Waals surface area contributed by atoms with Gasteiger partial charge in [0.05, 0.1) is 24.4 Å². The van der Waals surface area contributed by atoms with Gasteiger partial charge in [0.15, 0.2) is 5.43 Å². The lowest BCUT2D eigenvalue weighted by molar-refractivity contribution is 0.413. The number of H-pyrrole nitrogens is 1. The molecule has 0 fully saturated rings. The van der Waals surface area contributed by atoms with Crippen LogP contribution >= 0.6 is 11.3 Å². The van der Waals surface area contributed by atoms with E-state index in [0.717, 1.165) is 16.6 Å². The van der Waals surface area contributed by atoms with E-state index in [4.69, 9.17) is 4.74 Å². The number of methoxy groups -OCH3 is 1. The second kappa shape index (κ2) is 4.96. The van der Waals surface area contributed by atoms with E-state index < -0.39 is 0 Å². The molecule has 0 bridgehead atoms. The molecule has 1 N–H and O–H groups in total. The lowest BCUT2D eigenvalue weighted by Crippen LogP contribution is -2.04. The van der Waals surface area contributed by atoms with E-state index >= 15 is 0 Å². The minimum Gasteiger partial charge on any atom is -0.495 e. The Bertz CT molecular complexity index is 1050. The summed E-state index contributed by atoms with van der Waals surface area (Å²) in [6.07, 6.45) is 1.60. The van der Waals surface area contributed by atoms with E-state index in [9.17, 15) is 4.79 Å². The maximum atomic E-state index is 12.4. The molecule has 0 spiro atoms. The van der Waals surface area contributed by atoms with Crippen LogP contribution in [0.15, 0.2) is 52.8 Å². The van der Waals surface area contributed by atoms with Crippen molar-refractivity contribution in [1.82, 2.24) is 9.97 Å². The lowest BCUT2D eigenvalue weighted by atomic mass is 10.1. The molecule has 4 aromatic rings. The number of ether oxygens (including phenoxy) is 1. The summed E-state index contributed by atoms with van der Waals surface area (Å²) in [6, 6.07) is 11.5. The molecular weight excluding hydrogens is 296 g/mol. The van der Waals surface area contributed by atoms with Crippen LogP contribution in [0.5, 0.6) is 5.75 Å². The number of aromatic nitrogens is 2. The van der Waals surface area contributed by atoms with Crippen molar-refractivity contribution in [2.24, 2.45) is 0 Å². The third kappa shape index (κ3) is 1.98. The molecule has 5 heteroatoms. The van der Waals surface area contributed by atoms with Crippen LogP contribution in [-0.4, -0.2) is 17.1 Å². The van der Waals surface area contributed by atoms with Crippen molar-refractivity contribution in [3.63, 3.8) is 0 Å². The topological polar surface area (TPSA) is 55.0 Å². The minimum absolute atomic E-state index is 0.0644. The van der Waals surface area contributed by atoms with E-state index in [0.29, 0.717) is 16.8 Å². The lowest BCUT2D eigenvalue weighted by Gasteiger charge is -2.05. The van der Waals surface area contributed by atoms with Gasteiger partial charge in [0.2, 0.25) is 0 Å². The molecule has 0 saturated carbocycles. The van der Waals surface area contributed by atoms with Gasteiger partial charge in [0.25, 0.3) is 0 Å². The Morgan fingerprint density at radius 3 is 2.91 bits per heavy atom. The summed E-state index contributed by atoms with van der Waals surface area (Å²) in [4.78, 5) is 19.9. The molecule has 3 heterocycles. The standard InChI is InChI=1S/C17H12N2O2S/c1-21-10-6-12-15(20)7-14(19-17(12)18-8-10)13-9-22-16-5-3-2-4-11(13)16/h2-9H,1H3,(H,18,19,20). The van der Waals surface area contributed by atoms with Crippen LogP contribution in [0.1, 0.15) is 0 Å². The normalized spacial score (nSPS) is 11.1. The average molecular weight is 308 g/mol. The Morgan fingerprint density at radius 2 is 2.05 bits per heavy atom. The second-order valence-corrected chi connectivity index (χ2v) is 5.88. The first-order valence-corrected chi connectivity index (χ1v) is 7.68. The highest BCUT2D eigenvalue weighted by molar-refractivity contribution is 7.17. The van der Waals surface area contributed by atoms with Crippen molar-refractivity contribution in [1.29, 1.82) is 0 Å². The van der Waals surface area contributed by atoms with Crippen LogP contribution < -0.4 is 10.2 Å². The van der Waals surface area contributed by atoms with Crippen molar-refractivity contribution in [2.75, 3.05) is 7.11 Å². The Balaban J connectivity index is 1.98. The highest BCUT2D eigenvalue weighted by atomic mass is 32.1. The van der Waals surface area contributed by atoms with Crippen LogP contribution in [-0.2, 0) is 0 Å². The van der Waals surface area contributed by atoms with Gasteiger partial charge in [-0.25, -0.2) is 4.98 Å². The Morgan fingerprint density at radius 1 is 1.18 bits per heavy atom. The van der Waals surface area contributed by atoms with E-state index in [1.165, 1.54) is 4.70 Å². The van der Waals surface area contributed by atoms with Crippen molar-refractivity contribution in [2.45, 2.75) is 0 Å². The quantitative estimate of drug-likeness (QED) is 0.612. The molecule has 1 aromatic carbocycles. The summed E-state index contributed by atoms with van der Waals surface area (Å²) in [6.45, 7) is 0. The first kappa shape index (κ1) is 13.0. The third-order valence-corrected chi connectivity index (χ3v) is 4.63. The number of hydrogen-bond donors (Lipinski definition) is 1. The van der Waals surface area contributed by atoms with Gasteiger partial charge >= 0.3 is 0 Å². The van der Waals surface area contributed by atoms with Crippen molar-refractivity contribution < 1.29 is 4.74 Å². The molecule has 0 saturated heterocycles. The molecule has 4 nitrogen and oxygen atoms in total. The molecule has 108 valence electrons. The van der Waals surface area contributed by atoms with Gasteiger partial charge in [-0.15, -0.1) is 11.3 Å². The largest absolute Gasteiger partial charge is 0.495 e. The summed E-state index contributed by atoms with van der Waals surface area (Å²) in [5.41, 5.74) is 2.31. The average Bonchev–Trinajstić information content (AvgIpc) is 2.98. The number of aromatic amines is 1. The van der Waals surface area contributed by atoms with E-state index in [1.54, 1.807) is 36.8 Å². The number of benzene rings is 1. The van der Waals surface area contributed by atoms with E-state index in [1.807, 2.05) is 12.1 Å². The fourth-order valence-corrected chi connectivity index (χ4v) is 3.51. The molecule has 0 unspecified atom stereocenters. The number of hydrogen-bond acceptors (Lipinski definition) is 4. The van der Waals surface area contributed by atoms with Crippen LogP contribution in [0.4, 0.5) is 0 Å². The zero-order chi connectivity index (χ0) is 15.1. The van der Waals surface area contributed by atoms with Gasteiger partial charge in [-0.3, -0.25) is 4.79 Å². The zero-order valence-electron chi connectivity index (χ0n) is 11.8. The molecule has 0 amide bonds. The second-order valence-electron chi connectivity index (χ2n) is 4.96. The van der Waals surface area contributed by atoms with E-state index in [2.05, 4.69) is 27.5 Å². The Hall–Kier alpha value is -2.66. The molecule has 0 atom stereocenters. The van der Waals surface area contributed by atoms with Crippen molar-refractivity contribution in [3.05, 3.63) is 58.2 Å². The number of nitrogens with zero attached hydrogens (tertiary/aromatic N) is 1. The van der Waals surface area contributed by atoms with Crippen LogP contribution in [0.3, 0.4) is 0 Å². The summed E-state index contributed by atoms with van der Waals surface area (Å²) < 4.78 is 6.32. The first-order chi connectivity index (χ1) is 10.8. The number of nitrogens with one attached hydrogen (secondary N) is 1. The molecule has 0 aliphatic rings. The third-order valence-electron chi connectivity index (χ3n) is 3.66. The first-order valence-electron chi connectivity index (χ1n) is 6.80. The fourth-order valence-electron chi connectivity index (χ4n) is 2.55. The molecule has 4 rings (SSSR count). The van der Waals surface area contributed by atoms with Crippen LogP contribution in [0, 0.1) is 0 Å². The summed E-state index contributed by atoms with van der Waals surface area (Å²) >= 11 is 1.66. The molecule has 0 radical (unpaired) electrons. The highest BCUT2D eigenvalue weighted by Crippen LogP contribution is 2.32. The number of rotatable bonds is 2. The predicted molar refractivity (Wildman–Crippen MR) is 89.7 cm³/mol. The number of thiophene rings is 1. The summed E-state index contributed by atoms with van der Waals surface area (Å²) in [5, 5.41) is 3.73. The van der Waals surface area contributed by atoms with E-state index in [-0.39, 0.29) is 5.43 Å². The van der Waals surface area contributed by atoms with Gasteiger partial charge in [-0.1, -0.05) is 18.2 Å². The maximum Gasteiger partial charge on any atom is 0.191 e. The van der Waals surface area contributed by atoms with Gasteiger partial charge in [0, 0.05) is 27.1 Å². The maximum absolute atomic E-state index is 12.4. The SMILES string of the molecule is COc1cnc2[nH]c(-c3csc4ccccc34)cc(=O)c2c1. The minimum atomic E-state index is -0.0644. The van der Waals surface area contributed by atoms with Crippen LogP contribution in [0.2, 0.25) is 0 Å². The van der Waals surface area contributed by atoms with Crippen molar-refractivity contribution >= 4 is 32.5 Å².